The molecule has 4 nitrogen and oxygen atoms in total. The Balaban J connectivity index is 1.94. The molecule has 1 heterocycles. The number of rotatable bonds is 2. The molecule has 3 rings (SSSR count). The van der Waals surface area contributed by atoms with Crippen molar-refractivity contribution >= 4 is 17.3 Å². The Morgan fingerprint density at radius 1 is 1.26 bits per heavy atom. The van der Waals surface area contributed by atoms with Crippen LogP contribution in [0.4, 0.5) is 13.2 Å². The van der Waals surface area contributed by atoms with Gasteiger partial charge in [0.2, 0.25) is 0 Å². The number of Topliss-reactive ketones (excluding diaryl/α,β-unsaturated/α-hetero) is 2. The number of nitrogens with one attached hydrogen (secondary N) is 1. The van der Waals surface area contributed by atoms with E-state index in [2.05, 4.69) is 4.98 Å². The van der Waals surface area contributed by atoms with Crippen LogP contribution in [0.25, 0.3) is 0 Å². The van der Waals surface area contributed by atoms with Gasteiger partial charge in [-0.05, 0) is 44.2 Å². The van der Waals surface area contributed by atoms with Crippen LogP contribution in [0.1, 0.15) is 41.0 Å². The molecule has 7 heteroatoms. The second-order valence-corrected chi connectivity index (χ2v) is 6.19. The molecule has 2 saturated carbocycles. The molecule has 2 aliphatic carbocycles. The summed E-state index contributed by atoms with van der Waals surface area (Å²) in [7, 11) is 0. The zero-order valence-electron chi connectivity index (χ0n) is 12.4. The lowest BCUT2D eigenvalue weighted by molar-refractivity contribution is -0.141. The molecule has 0 amide bonds. The van der Waals surface area contributed by atoms with Crippen LogP contribution < -0.4 is 0 Å². The van der Waals surface area contributed by atoms with Gasteiger partial charge in [-0.2, -0.15) is 13.2 Å². The SMILES string of the molecule is Cc1nc(C(F)(F)F)ccc1C(=O)C1C(=N)C2CCC(C2)C1=O. The van der Waals surface area contributed by atoms with E-state index in [4.69, 9.17) is 5.41 Å². The first-order valence-corrected chi connectivity index (χ1v) is 7.41. The summed E-state index contributed by atoms with van der Waals surface area (Å²) in [6, 6.07) is 1.80. The van der Waals surface area contributed by atoms with Gasteiger partial charge in [0.15, 0.2) is 11.6 Å². The molecule has 1 aromatic rings. The largest absolute Gasteiger partial charge is 0.433 e. The molecule has 0 radical (unpaired) electrons. The normalized spacial score (nSPS) is 27.4. The maximum absolute atomic E-state index is 12.7. The quantitative estimate of drug-likeness (QED) is 0.670. The van der Waals surface area contributed by atoms with Gasteiger partial charge in [0.25, 0.3) is 0 Å². The van der Waals surface area contributed by atoms with Gasteiger partial charge < -0.3 is 5.41 Å². The molecule has 0 saturated heterocycles. The molecular weight excluding hydrogens is 309 g/mol. The Bertz CT molecular complexity index is 690. The van der Waals surface area contributed by atoms with Crippen LogP contribution in [-0.4, -0.2) is 22.3 Å². The summed E-state index contributed by atoms with van der Waals surface area (Å²) in [5.74, 6) is -2.29. The van der Waals surface area contributed by atoms with Crippen LogP contribution in [0.3, 0.4) is 0 Å². The molecule has 2 bridgehead atoms. The third-order valence-electron chi connectivity index (χ3n) is 4.77. The number of carbonyl (C=O) groups is 2. The Kier molecular flexibility index (Phi) is 3.61. The predicted octanol–water partition coefficient (Wildman–Crippen LogP) is 3.23. The molecule has 0 spiro atoms. The van der Waals surface area contributed by atoms with Crippen molar-refractivity contribution in [2.75, 3.05) is 0 Å². The maximum Gasteiger partial charge on any atom is 0.433 e. The number of aromatic nitrogens is 1. The second-order valence-electron chi connectivity index (χ2n) is 6.19. The van der Waals surface area contributed by atoms with Gasteiger partial charge in [0, 0.05) is 22.9 Å². The van der Waals surface area contributed by atoms with Gasteiger partial charge in [0.1, 0.15) is 11.6 Å². The van der Waals surface area contributed by atoms with E-state index >= 15 is 0 Å². The van der Waals surface area contributed by atoms with Crippen molar-refractivity contribution < 1.29 is 22.8 Å². The topological polar surface area (TPSA) is 70.9 Å². The number of pyridine rings is 1. The maximum atomic E-state index is 12.7. The van der Waals surface area contributed by atoms with Gasteiger partial charge in [-0.1, -0.05) is 0 Å². The zero-order valence-corrected chi connectivity index (χ0v) is 12.4. The number of hydrogen-bond donors (Lipinski definition) is 1. The number of carbonyl (C=O) groups excluding carboxylic acids is 2. The molecular formula is C16H15F3N2O2. The highest BCUT2D eigenvalue weighted by atomic mass is 19.4. The van der Waals surface area contributed by atoms with Crippen LogP contribution in [0.5, 0.6) is 0 Å². The smallest absolute Gasteiger partial charge is 0.308 e. The first-order chi connectivity index (χ1) is 10.7. The fourth-order valence-corrected chi connectivity index (χ4v) is 3.55. The van der Waals surface area contributed by atoms with E-state index in [9.17, 15) is 22.8 Å². The molecule has 1 aromatic heterocycles. The minimum atomic E-state index is -4.58. The molecule has 122 valence electrons. The highest BCUT2D eigenvalue weighted by Crippen LogP contribution is 2.41. The molecule has 23 heavy (non-hydrogen) atoms. The van der Waals surface area contributed by atoms with Crippen molar-refractivity contribution in [2.45, 2.75) is 32.4 Å². The van der Waals surface area contributed by atoms with E-state index in [1.165, 1.54) is 6.92 Å². The van der Waals surface area contributed by atoms with Crippen molar-refractivity contribution in [2.24, 2.45) is 17.8 Å². The van der Waals surface area contributed by atoms with E-state index in [1.54, 1.807) is 0 Å². The molecule has 3 unspecified atom stereocenters. The van der Waals surface area contributed by atoms with Crippen LogP contribution in [0.15, 0.2) is 12.1 Å². The third kappa shape index (κ3) is 2.58. The minimum Gasteiger partial charge on any atom is -0.308 e. The van der Waals surface area contributed by atoms with Crippen LogP contribution in [-0.2, 0) is 11.0 Å². The number of ketones is 2. The van der Waals surface area contributed by atoms with E-state index in [0.717, 1.165) is 18.6 Å². The third-order valence-corrected chi connectivity index (χ3v) is 4.77. The second kappa shape index (κ2) is 5.25. The highest BCUT2D eigenvalue weighted by molar-refractivity contribution is 6.27. The molecule has 0 aromatic carbocycles. The zero-order chi connectivity index (χ0) is 16.9. The number of halogens is 3. The van der Waals surface area contributed by atoms with Crippen LogP contribution >= 0.6 is 0 Å². The van der Waals surface area contributed by atoms with E-state index in [0.29, 0.717) is 12.8 Å². The minimum absolute atomic E-state index is 0.0117. The Hall–Kier alpha value is -2.05. The van der Waals surface area contributed by atoms with E-state index in [1.807, 2.05) is 0 Å². The van der Waals surface area contributed by atoms with Gasteiger partial charge in [-0.3, -0.25) is 9.59 Å². The Morgan fingerprint density at radius 2 is 1.91 bits per heavy atom. The fraction of sp³-hybridized carbons (Fsp3) is 0.500. The van der Waals surface area contributed by atoms with Crippen molar-refractivity contribution in [3.8, 4) is 0 Å². The van der Waals surface area contributed by atoms with Crippen molar-refractivity contribution in [3.05, 3.63) is 29.1 Å². The number of hydrogen-bond acceptors (Lipinski definition) is 4. The standard InChI is InChI=1S/C16H15F3N2O2/c1-7-10(4-5-11(21-7)16(17,18)19)15(23)12-13(20)8-2-3-9(6-8)14(12)22/h4-5,8-9,12,20H,2-3,6H2,1H3. The number of fused-ring (bicyclic) bond motifs is 2. The first-order valence-electron chi connectivity index (χ1n) is 7.41. The fourth-order valence-electron chi connectivity index (χ4n) is 3.55. The summed E-state index contributed by atoms with van der Waals surface area (Å²) < 4.78 is 38.0. The van der Waals surface area contributed by atoms with E-state index < -0.39 is 23.6 Å². The van der Waals surface area contributed by atoms with Gasteiger partial charge >= 0.3 is 6.18 Å². The summed E-state index contributed by atoms with van der Waals surface area (Å²) in [6.45, 7) is 1.31. The summed E-state index contributed by atoms with van der Waals surface area (Å²) in [4.78, 5) is 28.5. The lowest BCUT2D eigenvalue weighted by Gasteiger charge is -2.27. The number of nitrogens with zero attached hydrogens (tertiary/aromatic N) is 1. The highest BCUT2D eigenvalue weighted by Gasteiger charge is 2.48. The first kappa shape index (κ1) is 15.8. The van der Waals surface area contributed by atoms with Crippen molar-refractivity contribution in [3.63, 3.8) is 0 Å². The van der Waals surface area contributed by atoms with Crippen LogP contribution in [0, 0.1) is 30.1 Å². The van der Waals surface area contributed by atoms with E-state index in [-0.39, 0.29) is 34.6 Å². The molecule has 2 aliphatic rings. The summed E-state index contributed by atoms with van der Waals surface area (Å²) >= 11 is 0. The van der Waals surface area contributed by atoms with Gasteiger partial charge in [-0.25, -0.2) is 4.98 Å². The summed E-state index contributed by atoms with van der Waals surface area (Å²) in [5, 5.41) is 8.11. The predicted molar refractivity (Wildman–Crippen MR) is 75.4 cm³/mol. The summed E-state index contributed by atoms with van der Waals surface area (Å²) in [5.41, 5.74) is -1.05. The summed E-state index contributed by atoms with van der Waals surface area (Å²) in [6.07, 6.45) is -2.56. The lowest BCUT2D eigenvalue weighted by Crippen LogP contribution is -2.41. The molecule has 3 atom stereocenters. The van der Waals surface area contributed by atoms with Crippen molar-refractivity contribution in [1.29, 1.82) is 5.41 Å². The molecule has 0 aliphatic heterocycles. The van der Waals surface area contributed by atoms with Gasteiger partial charge in [-0.15, -0.1) is 0 Å². The van der Waals surface area contributed by atoms with Crippen LogP contribution in [0.2, 0.25) is 0 Å². The lowest BCUT2D eigenvalue weighted by atomic mass is 9.74. The average Bonchev–Trinajstić information content (AvgIpc) is 2.91. The Morgan fingerprint density at radius 3 is 2.52 bits per heavy atom. The molecule has 1 N–H and O–H groups in total. The number of alkyl halides is 3. The number of aryl methyl sites for hydroxylation is 1. The Labute approximate surface area is 130 Å². The van der Waals surface area contributed by atoms with Crippen molar-refractivity contribution in [1.82, 2.24) is 4.98 Å². The monoisotopic (exact) mass is 324 g/mol. The average molecular weight is 324 g/mol. The molecule has 2 fully saturated rings. The van der Waals surface area contributed by atoms with Gasteiger partial charge in [0.05, 0.1) is 0 Å².